The predicted octanol–water partition coefficient (Wildman–Crippen LogP) is 3.57. The minimum atomic E-state index is -0.0999. The van der Waals surface area contributed by atoms with Crippen LogP contribution >= 0.6 is 22.7 Å². The highest BCUT2D eigenvalue weighted by atomic mass is 32.1. The molecular formula is C20H21N3O2S2. The Kier molecular flexibility index (Phi) is 5.81. The van der Waals surface area contributed by atoms with Gasteiger partial charge in [-0.25, -0.2) is 4.98 Å². The molecule has 0 aliphatic carbocycles. The highest BCUT2D eigenvalue weighted by Gasteiger charge is 2.17. The van der Waals surface area contributed by atoms with Gasteiger partial charge in [-0.1, -0.05) is 12.1 Å². The van der Waals surface area contributed by atoms with E-state index in [0.717, 1.165) is 31.7 Å². The van der Waals surface area contributed by atoms with Crippen LogP contribution in [0.15, 0.2) is 46.6 Å². The molecule has 1 aromatic carbocycles. The fourth-order valence-electron chi connectivity index (χ4n) is 3.16. The van der Waals surface area contributed by atoms with Gasteiger partial charge in [0.05, 0.1) is 16.8 Å². The number of nitrogens with one attached hydrogen (secondary N) is 1. The van der Waals surface area contributed by atoms with Gasteiger partial charge in [0.1, 0.15) is 12.4 Å². The van der Waals surface area contributed by atoms with Crippen LogP contribution in [0, 0.1) is 0 Å². The van der Waals surface area contributed by atoms with Crippen molar-refractivity contribution in [3.63, 3.8) is 0 Å². The molecule has 0 atom stereocenters. The number of carbonyl (C=O) groups excluding carboxylic acids is 1. The third-order valence-electron chi connectivity index (χ3n) is 4.59. The molecule has 0 unspecified atom stereocenters. The van der Waals surface area contributed by atoms with E-state index in [1.807, 2.05) is 34.9 Å². The molecule has 27 heavy (non-hydrogen) atoms. The Bertz CT molecular complexity index is 892. The third kappa shape index (κ3) is 4.55. The van der Waals surface area contributed by atoms with Crippen LogP contribution in [0.1, 0.15) is 26.5 Å². The Morgan fingerprint density at radius 3 is 3.11 bits per heavy atom. The van der Waals surface area contributed by atoms with Crippen molar-refractivity contribution in [1.29, 1.82) is 0 Å². The van der Waals surface area contributed by atoms with E-state index in [9.17, 15) is 4.79 Å². The molecule has 0 saturated heterocycles. The molecule has 7 heteroatoms. The molecule has 1 aliphatic heterocycles. The molecule has 5 nitrogen and oxygen atoms in total. The lowest BCUT2D eigenvalue weighted by molar-refractivity contribution is 0.0942. The van der Waals surface area contributed by atoms with Gasteiger partial charge in [0, 0.05) is 36.4 Å². The van der Waals surface area contributed by atoms with Crippen molar-refractivity contribution < 1.29 is 9.53 Å². The molecule has 1 amide bonds. The lowest BCUT2D eigenvalue weighted by Crippen LogP contribution is -2.37. The number of rotatable bonds is 7. The van der Waals surface area contributed by atoms with Gasteiger partial charge in [-0.2, -0.15) is 0 Å². The molecule has 0 bridgehead atoms. The van der Waals surface area contributed by atoms with Crippen LogP contribution in [0.25, 0.3) is 0 Å². The molecule has 3 aromatic rings. The topological polar surface area (TPSA) is 54.5 Å². The van der Waals surface area contributed by atoms with Crippen LogP contribution in [0.2, 0.25) is 0 Å². The molecule has 0 radical (unpaired) electrons. The van der Waals surface area contributed by atoms with Crippen LogP contribution in [0.5, 0.6) is 5.75 Å². The molecule has 0 spiro atoms. The average molecular weight is 400 g/mol. The predicted molar refractivity (Wildman–Crippen MR) is 109 cm³/mol. The number of nitrogens with zero attached hydrogens (tertiary/aromatic N) is 2. The van der Waals surface area contributed by atoms with Crippen LogP contribution < -0.4 is 10.1 Å². The SMILES string of the molecule is O=C(NCCN1CCc2sccc2C1)c1ccccc1OCc1cscn1. The van der Waals surface area contributed by atoms with E-state index >= 15 is 0 Å². The quantitative estimate of drug-likeness (QED) is 0.660. The zero-order chi connectivity index (χ0) is 18.5. The first-order chi connectivity index (χ1) is 13.3. The van der Waals surface area contributed by atoms with Gasteiger partial charge < -0.3 is 10.1 Å². The van der Waals surface area contributed by atoms with E-state index in [4.69, 9.17) is 4.74 Å². The highest BCUT2D eigenvalue weighted by molar-refractivity contribution is 7.10. The van der Waals surface area contributed by atoms with Crippen LogP contribution in [-0.4, -0.2) is 35.4 Å². The Morgan fingerprint density at radius 2 is 2.22 bits per heavy atom. The second-order valence-corrected chi connectivity index (χ2v) is 8.14. The zero-order valence-corrected chi connectivity index (χ0v) is 16.5. The van der Waals surface area contributed by atoms with E-state index in [-0.39, 0.29) is 5.91 Å². The number of carbonyl (C=O) groups is 1. The largest absolute Gasteiger partial charge is 0.486 e. The van der Waals surface area contributed by atoms with Gasteiger partial charge >= 0.3 is 0 Å². The van der Waals surface area contributed by atoms with Crippen LogP contribution in [0.3, 0.4) is 0 Å². The molecule has 1 N–H and O–H groups in total. The number of amides is 1. The lowest BCUT2D eigenvalue weighted by Gasteiger charge is -2.26. The summed E-state index contributed by atoms with van der Waals surface area (Å²) in [7, 11) is 0. The standard InChI is InChI=1S/C20H21N3O2S2/c24-20(21-7-9-23-8-5-19-15(11-23)6-10-27-19)17-3-1-2-4-18(17)25-12-16-13-26-14-22-16/h1-4,6,10,13-14H,5,7-9,11-12H2,(H,21,24). The first kappa shape index (κ1) is 18.2. The molecule has 2 aromatic heterocycles. The Balaban J connectivity index is 1.29. The normalized spacial score (nSPS) is 13.9. The van der Waals surface area contributed by atoms with E-state index in [1.54, 1.807) is 11.6 Å². The van der Waals surface area contributed by atoms with Crippen LogP contribution in [-0.2, 0) is 19.6 Å². The molecule has 4 rings (SSSR count). The molecule has 140 valence electrons. The van der Waals surface area contributed by atoms with E-state index < -0.39 is 0 Å². The molecular weight excluding hydrogens is 378 g/mol. The number of thiazole rings is 1. The smallest absolute Gasteiger partial charge is 0.255 e. The van der Waals surface area contributed by atoms with Gasteiger partial charge in [-0.15, -0.1) is 22.7 Å². The maximum absolute atomic E-state index is 12.6. The number of ether oxygens (including phenoxy) is 1. The molecule has 0 saturated carbocycles. The maximum Gasteiger partial charge on any atom is 0.255 e. The van der Waals surface area contributed by atoms with Gasteiger partial charge in [-0.05, 0) is 35.6 Å². The van der Waals surface area contributed by atoms with Gasteiger partial charge in [0.25, 0.3) is 5.91 Å². The maximum atomic E-state index is 12.6. The number of benzene rings is 1. The van der Waals surface area contributed by atoms with Crippen molar-refractivity contribution in [3.8, 4) is 5.75 Å². The Hall–Kier alpha value is -2.22. The highest BCUT2D eigenvalue weighted by Crippen LogP contribution is 2.23. The summed E-state index contributed by atoms with van der Waals surface area (Å²) >= 11 is 3.38. The summed E-state index contributed by atoms with van der Waals surface area (Å²) in [6.45, 7) is 3.87. The van der Waals surface area contributed by atoms with Crippen molar-refractivity contribution in [3.05, 3.63) is 68.3 Å². The van der Waals surface area contributed by atoms with Crippen molar-refractivity contribution >= 4 is 28.6 Å². The first-order valence-corrected chi connectivity index (χ1v) is 10.8. The van der Waals surface area contributed by atoms with Crippen molar-refractivity contribution in [2.75, 3.05) is 19.6 Å². The first-order valence-electron chi connectivity index (χ1n) is 8.94. The van der Waals surface area contributed by atoms with E-state index in [1.165, 1.54) is 21.8 Å². The fourth-order valence-corrected chi connectivity index (χ4v) is 4.59. The minimum Gasteiger partial charge on any atom is -0.486 e. The average Bonchev–Trinajstić information content (AvgIpc) is 3.38. The summed E-state index contributed by atoms with van der Waals surface area (Å²) in [5.41, 5.74) is 4.63. The summed E-state index contributed by atoms with van der Waals surface area (Å²) in [4.78, 5) is 20.7. The Labute approximate surface area is 166 Å². The van der Waals surface area contributed by atoms with E-state index in [2.05, 4.69) is 26.6 Å². The zero-order valence-electron chi connectivity index (χ0n) is 14.9. The monoisotopic (exact) mass is 399 g/mol. The Morgan fingerprint density at radius 1 is 1.30 bits per heavy atom. The van der Waals surface area contributed by atoms with Gasteiger partial charge in [-0.3, -0.25) is 9.69 Å². The van der Waals surface area contributed by atoms with Gasteiger partial charge in [0.15, 0.2) is 0 Å². The summed E-state index contributed by atoms with van der Waals surface area (Å²) in [5, 5.41) is 7.14. The second-order valence-electron chi connectivity index (χ2n) is 6.42. The number of hydrogen-bond acceptors (Lipinski definition) is 6. The molecule has 1 aliphatic rings. The number of aromatic nitrogens is 1. The van der Waals surface area contributed by atoms with Crippen LogP contribution in [0.4, 0.5) is 0 Å². The van der Waals surface area contributed by atoms with Crippen molar-refractivity contribution in [1.82, 2.24) is 15.2 Å². The van der Waals surface area contributed by atoms with Gasteiger partial charge in [0.2, 0.25) is 0 Å². The minimum absolute atomic E-state index is 0.0999. The second kappa shape index (κ2) is 8.65. The third-order valence-corrected chi connectivity index (χ3v) is 6.25. The number of thiophene rings is 1. The fraction of sp³-hybridized carbons (Fsp3) is 0.300. The lowest BCUT2D eigenvalue weighted by atomic mass is 10.1. The summed E-state index contributed by atoms with van der Waals surface area (Å²) in [6.07, 6.45) is 1.11. The van der Waals surface area contributed by atoms with Crippen molar-refractivity contribution in [2.45, 2.75) is 19.6 Å². The number of para-hydroxylation sites is 1. The molecule has 3 heterocycles. The molecule has 0 fully saturated rings. The summed E-state index contributed by atoms with van der Waals surface area (Å²) in [6, 6.07) is 9.56. The number of hydrogen-bond donors (Lipinski definition) is 1. The van der Waals surface area contributed by atoms with E-state index in [0.29, 0.717) is 24.5 Å². The summed E-state index contributed by atoms with van der Waals surface area (Å²) < 4.78 is 5.80. The number of fused-ring (bicyclic) bond motifs is 1. The summed E-state index contributed by atoms with van der Waals surface area (Å²) in [5.74, 6) is 0.487. The van der Waals surface area contributed by atoms with Crippen molar-refractivity contribution in [2.24, 2.45) is 0 Å².